The minimum Gasteiger partial charge on any atom is -0.295 e. The molecular weight excluding hydrogens is 266 g/mol. The van der Waals surface area contributed by atoms with Crippen molar-refractivity contribution in [1.29, 1.82) is 0 Å². The van der Waals surface area contributed by atoms with E-state index in [2.05, 4.69) is 6.08 Å². The molecule has 1 aromatic carbocycles. The molecule has 0 aromatic heterocycles. The second-order valence-corrected chi connectivity index (χ2v) is 5.82. The average Bonchev–Trinajstić information content (AvgIpc) is 2.70. The molecule has 0 spiro atoms. The summed E-state index contributed by atoms with van der Waals surface area (Å²) < 4.78 is 0. The average molecular weight is 283 g/mol. The van der Waals surface area contributed by atoms with Crippen molar-refractivity contribution in [2.75, 3.05) is 4.90 Å². The number of imide groups is 1. The van der Waals surface area contributed by atoms with Crippen molar-refractivity contribution in [3.05, 3.63) is 41.5 Å². The molecule has 1 heterocycles. The Kier molecular flexibility index (Phi) is 3.24. The number of rotatable bonds is 2. The summed E-state index contributed by atoms with van der Waals surface area (Å²) in [6.07, 6.45) is 3.36. The number of carbonyl (C=O) groups excluding carboxylic acids is 3. The first-order valence-electron chi connectivity index (χ1n) is 7.13. The highest BCUT2D eigenvalue weighted by atomic mass is 16.2. The fourth-order valence-corrected chi connectivity index (χ4v) is 3.14. The zero-order chi connectivity index (χ0) is 15.1. The van der Waals surface area contributed by atoms with Gasteiger partial charge in [-0.25, -0.2) is 0 Å². The molecule has 108 valence electrons. The Morgan fingerprint density at radius 2 is 1.71 bits per heavy atom. The van der Waals surface area contributed by atoms with Crippen LogP contribution in [-0.2, 0) is 9.59 Å². The lowest BCUT2D eigenvalue weighted by atomic mass is 9.82. The Balaban J connectivity index is 1.91. The van der Waals surface area contributed by atoms with Crippen LogP contribution in [0.5, 0.6) is 0 Å². The van der Waals surface area contributed by atoms with Crippen LogP contribution in [0.4, 0.5) is 5.69 Å². The molecule has 3 rings (SSSR count). The van der Waals surface area contributed by atoms with Gasteiger partial charge in [0.25, 0.3) is 0 Å². The Bertz CT molecular complexity index is 657. The number of Topliss-reactive ketones (excluding diaryl/α,β-unsaturated/α-hetero) is 1. The SMILES string of the molecule is CC(=O)c1ccc(N2C(=O)[C@H]3CC=C(C)C[C@H]3C2=O)cc1. The maximum absolute atomic E-state index is 12.5. The van der Waals surface area contributed by atoms with Gasteiger partial charge in [-0.05, 0) is 51.0 Å². The van der Waals surface area contributed by atoms with E-state index in [1.165, 1.54) is 17.4 Å². The van der Waals surface area contributed by atoms with Crippen molar-refractivity contribution in [1.82, 2.24) is 0 Å². The van der Waals surface area contributed by atoms with Crippen molar-refractivity contribution in [2.24, 2.45) is 11.8 Å². The second kappa shape index (κ2) is 4.95. The molecule has 0 unspecified atom stereocenters. The summed E-state index contributed by atoms with van der Waals surface area (Å²) in [5, 5.41) is 0. The number of hydrogen-bond acceptors (Lipinski definition) is 3. The van der Waals surface area contributed by atoms with Gasteiger partial charge in [0.2, 0.25) is 11.8 Å². The molecule has 4 nitrogen and oxygen atoms in total. The molecular formula is C17H17NO3. The molecule has 4 heteroatoms. The lowest BCUT2D eigenvalue weighted by Crippen LogP contribution is -2.30. The van der Waals surface area contributed by atoms with Crippen LogP contribution in [0.25, 0.3) is 0 Å². The highest BCUT2D eigenvalue weighted by Crippen LogP contribution is 2.39. The van der Waals surface area contributed by atoms with Gasteiger partial charge in [0.05, 0.1) is 17.5 Å². The summed E-state index contributed by atoms with van der Waals surface area (Å²) in [6.45, 7) is 3.49. The zero-order valence-corrected chi connectivity index (χ0v) is 12.1. The van der Waals surface area contributed by atoms with Crippen LogP contribution >= 0.6 is 0 Å². The minimum atomic E-state index is -0.228. The molecule has 2 aliphatic rings. The lowest BCUT2D eigenvalue weighted by molar-refractivity contribution is -0.122. The fraction of sp³-hybridized carbons (Fsp3) is 0.353. The summed E-state index contributed by atoms with van der Waals surface area (Å²) in [4.78, 5) is 37.6. The van der Waals surface area contributed by atoms with Crippen molar-refractivity contribution in [2.45, 2.75) is 26.7 Å². The van der Waals surface area contributed by atoms with Crippen molar-refractivity contribution in [3.8, 4) is 0 Å². The third-order valence-electron chi connectivity index (χ3n) is 4.36. The standard InChI is InChI=1S/C17H17NO3/c1-10-3-8-14-15(9-10)17(21)18(16(14)20)13-6-4-12(5-7-13)11(2)19/h3-7,14-15H,8-9H2,1-2H3/t14-,15+/m0/s1. The smallest absolute Gasteiger partial charge is 0.238 e. The van der Waals surface area contributed by atoms with Gasteiger partial charge < -0.3 is 0 Å². The summed E-state index contributed by atoms with van der Waals surface area (Å²) in [5.74, 6) is -0.727. The first kappa shape index (κ1) is 13.7. The second-order valence-electron chi connectivity index (χ2n) is 5.82. The molecule has 21 heavy (non-hydrogen) atoms. The summed E-state index contributed by atoms with van der Waals surface area (Å²) in [5.41, 5.74) is 2.31. The number of hydrogen-bond donors (Lipinski definition) is 0. The molecule has 1 aliphatic heterocycles. The molecule has 1 aliphatic carbocycles. The summed E-state index contributed by atoms with van der Waals surface area (Å²) in [6, 6.07) is 6.65. The number of ketones is 1. The van der Waals surface area contributed by atoms with Crippen LogP contribution in [0.3, 0.4) is 0 Å². The van der Waals surface area contributed by atoms with E-state index in [9.17, 15) is 14.4 Å². The van der Waals surface area contributed by atoms with Gasteiger partial charge >= 0.3 is 0 Å². The molecule has 1 fully saturated rings. The number of carbonyl (C=O) groups is 3. The quantitative estimate of drug-likeness (QED) is 0.476. The molecule has 0 radical (unpaired) electrons. The van der Waals surface area contributed by atoms with Crippen LogP contribution in [0.15, 0.2) is 35.9 Å². The van der Waals surface area contributed by atoms with Gasteiger partial charge in [-0.3, -0.25) is 19.3 Å². The third kappa shape index (κ3) is 2.20. The monoisotopic (exact) mass is 283 g/mol. The van der Waals surface area contributed by atoms with Crippen LogP contribution in [0.1, 0.15) is 37.0 Å². The maximum atomic E-state index is 12.5. The van der Waals surface area contributed by atoms with E-state index < -0.39 is 0 Å². The van der Waals surface area contributed by atoms with Crippen LogP contribution < -0.4 is 4.90 Å². The summed E-state index contributed by atoms with van der Waals surface area (Å²) in [7, 11) is 0. The molecule has 0 saturated carbocycles. The largest absolute Gasteiger partial charge is 0.295 e. The first-order chi connectivity index (χ1) is 9.99. The first-order valence-corrected chi connectivity index (χ1v) is 7.13. The number of allylic oxidation sites excluding steroid dienone is 2. The molecule has 0 N–H and O–H groups in total. The molecule has 2 atom stereocenters. The van der Waals surface area contributed by atoms with Gasteiger partial charge in [0, 0.05) is 5.56 Å². The minimum absolute atomic E-state index is 0.0332. The molecule has 0 bridgehead atoms. The number of amides is 2. The summed E-state index contributed by atoms with van der Waals surface area (Å²) >= 11 is 0. The van der Waals surface area contributed by atoms with E-state index in [0.29, 0.717) is 24.1 Å². The van der Waals surface area contributed by atoms with E-state index in [0.717, 1.165) is 0 Å². The zero-order valence-electron chi connectivity index (χ0n) is 12.1. The Labute approximate surface area is 123 Å². The number of fused-ring (bicyclic) bond motifs is 1. The van der Waals surface area contributed by atoms with Crippen LogP contribution in [-0.4, -0.2) is 17.6 Å². The van der Waals surface area contributed by atoms with Crippen LogP contribution in [0, 0.1) is 11.8 Å². The van der Waals surface area contributed by atoms with E-state index in [1.807, 2.05) is 6.92 Å². The predicted octanol–water partition coefficient (Wildman–Crippen LogP) is 2.73. The van der Waals surface area contributed by atoms with Gasteiger partial charge in [-0.1, -0.05) is 11.6 Å². The molecule has 1 aromatic rings. The highest BCUT2D eigenvalue weighted by Gasteiger charge is 2.48. The molecule has 2 amide bonds. The van der Waals surface area contributed by atoms with E-state index in [1.54, 1.807) is 24.3 Å². The van der Waals surface area contributed by atoms with Gasteiger partial charge in [-0.2, -0.15) is 0 Å². The normalized spacial score (nSPS) is 24.9. The Hall–Kier alpha value is -2.23. The Morgan fingerprint density at radius 3 is 2.33 bits per heavy atom. The van der Waals surface area contributed by atoms with Crippen LogP contribution in [0.2, 0.25) is 0 Å². The van der Waals surface area contributed by atoms with Crippen molar-refractivity contribution in [3.63, 3.8) is 0 Å². The van der Waals surface area contributed by atoms with Crippen molar-refractivity contribution >= 4 is 23.3 Å². The van der Waals surface area contributed by atoms with Gasteiger partial charge in [0.1, 0.15) is 0 Å². The van der Waals surface area contributed by atoms with E-state index >= 15 is 0 Å². The highest BCUT2D eigenvalue weighted by molar-refractivity contribution is 6.22. The topological polar surface area (TPSA) is 54.5 Å². The predicted molar refractivity (Wildman–Crippen MR) is 78.9 cm³/mol. The number of anilines is 1. The van der Waals surface area contributed by atoms with E-state index in [4.69, 9.17) is 0 Å². The number of nitrogens with zero attached hydrogens (tertiary/aromatic N) is 1. The number of benzene rings is 1. The van der Waals surface area contributed by atoms with Gasteiger partial charge in [0.15, 0.2) is 5.78 Å². The molecule has 1 saturated heterocycles. The van der Waals surface area contributed by atoms with Gasteiger partial charge in [-0.15, -0.1) is 0 Å². The lowest BCUT2D eigenvalue weighted by Gasteiger charge is -2.18. The Morgan fingerprint density at radius 1 is 1.10 bits per heavy atom. The van der Waals surface area contributed by atoms with E-state index in [-0.39, 0.29) is 29.4 Å². The third-order valence-corrected chi connectivity index (χ3v) is 4.36. The van der Waals surface area contributed by atoms with Crippen molar-refractivity contribution < 1.29 is 14.4 Å². The fourth-order valence-electron chi connectivity index (χ4n) is 3.14. The maximum Gasteiger partial charge on any atom is 0.238 e.